The van der Waals surface area contributed by atoms with Gasteiger partial charge in [0.05, 0.1) is 11.6 Å². The Labute approximate surface area is 150 Å². The van der Waals surface area contributed by atoms with Crippen molar-refractivity contribution in [3.8, 4) is 0 Å². The zero-order valence-electron chi connectivity index (χ0n) is 14.5. The van der Waals surface area contributed by atoms with Gasteiger partial charge in [0.25, 0.3) is 0 Å². The lowest BCUT2D eigenvalue weighted by molar-refractivity contribution is -0.133. The van der Waals surface area contributed by atoms with Crippen molar-refractivity contribution in [1.29, 1.82) is 0 Å². The monoisotopic (exact) mass is 357 g/mol. The third kappa shape index (κ3) is 2.63. The molecule has 0 saturated carbocycles. The fourth-order valence-electron chi connectivity index (χ4n) is 3.88. The van der Waals surface area contributed by atoms with Gasteiger partial charge in [0.1, 0.15) is 5.76 Å². The summed E-state index contributed by atoms with van der Waals surface area (Å²) in [5, 5.41) is 5.79. The first-order chi connectivity index (χ1) is 12.0. The van der Waals surface area contributed by atoms with Gasteiger partial charge in [-0.05, 0) is 39.0 Å². The molecule has 0 fully saturated rings. The van der Waals surface area contributed by atoms with E-state index in [2.05, 4.69) is 10.1 Å². The summed E-state index contributed by atoms with van der Waals surface area (Å²) in [5.41, 5.74) is 5.13. The quantitative estimate of drug-likeness (QED) is 0.750. The van der Waals surface area contributed by atoms with Crippen molar-refractivity contribution >= 4 is 28.4 Å². The Morgan fingerprint density at radius 2 is 2.20 bits per heavy atom. The number of nitrogens with one attached hydrogen (secondary N) is 1. The lowest BCUT2D eigenvalue weighted by atomic mass is 9.96. The van der Waals surface area contributed by atoms with Crippen LogP contribution in [-0.2, 0) is 17.8 Å². The molecule has 0 bridgehead atoms. The van der Waals surface area contributed by atoms with Crippen molar-refractivity contribution in [2.24, 2.45) is 0 Å². The first-order valence-electron chi connectivity index (χ1n) is 8.46. The number of fused-ring (bicyclic) bond motifs is 3. The van der Waals surface area contributed by atoms with E-state index in [1.54, 1.807) is 0 Å². The van der Waals surface area contributed by atoms with Crippen LogP contribution in [0.2, 0.25) is 5.02 Å². The number of benzene rings is 1. The number of hydrogen-bond acceptors (Lipinski definition) is 3. The minimum atomic E-state index is -0.262. The van der Waals surface area contributed by atoms with E-state index < -0.39 is 0 Å². The van der Waals surface area contributed by atoms with E-state index in [1.807, 2.05) is 43.9 Å². The number of hydrogen-bond donors (Lipinski definition) is 1. The van der Waals surface area contributed by atoms with Gasteiger partial charge in [0, 0.05) is 52.3 Å². The molecule has 5 nitrogen and oxygen atoms in total. The minimum absolute atomic E-state index is 0.108. The van der Waals surface area contributed by atoms with Gasteiger partial charge in [-0.2, -0.15) is 0 Å². The largest absolute Gasteiger partial charge is 0.361 e. The summed E-state index contributed by atoms with van der Waals surface area (Å²) < 4.78 is 5.23. The van der Waals surface area contributed by atoms with Crippen LogP contribution in [-0.4, -0.2) is 27.5 Å². The van der Waals surface area contributed by atoms with E-state index in [9.17, 15) is 4.79 Å². The van der Waals surface area contributed by atoms with Gasteiger partial charge in [0.2, 0.25) is 5.91 Å². The molecule has 0 saturated heterocycles. The smallest absolute Gasteiger partial charge is 0.230 e. The second-order valence-corrected chi connectivity index (χ2v) is 7.18. The van der Waals surface area contributed by atoms with Crippen LogP contribution >= 0.6 is 11.6 Å². The van der Waals surface area contributed by atoms with Crippen LogP contribution in [0.25, 0.3) is 10.9 Å². The molecular formula is C19H20ClN3O2. The number of rotatable bonds is 2. The number of aromatic amines is 1. The topological polar surface area (TPSA) is 62.1 Å². The number of nitrogens with zero attached hydrogens (tertiary/aromatic N) is 2. The lowest BCUT2D eigenvalue weighted by Crippen LogP contribution is -2.38. The van der Waals surface area contributed by atoms with Crippen molar-refractivity contribution in [2.75, 3.05) is 6.54 Å². The average molecular weight is 358 g/mol. The Morgan fingerprint density at radius 3 is 2.92 bits per heavy atom. The van der Waals surface area contributed by atoms with E-state index in [0.717, 1.165) is 34.3 Å². The number of carbonyl (C=O) groups is 1. The molecule has 0 spiro atoms. The van der Waals surface area contributed by atoms with Gasteiger partial charge in [0.15, 0.2) is 0 Å². The third-order valence-corrected chi connectivity index (χ3v) is 5.38. The standard InChI is InChI=1S/C19H20ClN3O2/c1-10(18-11(2)22-25-12(18)3)19(24)23-7-6-17-15(9-23)14-8-13(20)4-5-16(14)21-17/h4-5,8,10,21H,6-7,9H2,1-3H3. The highest BCUT2D eigenvalue weighted by Gasteiger charge is 2.30. The number of aryl methyl sites for hydroxylation is 2. The van der Waals surface area contributed by atoms with E-state index in [4.69, 9.17) is 16.1 Å². The van der Waals surface area contributed by atoms with Crippen molar-refractivity contribution in [1.82, 2.24) is 15.0 Å². The van der Waals surface area contributed by atoms with Gasteiger partial charge in [-0.1, -0.05) is 16.8 Å². The summed E-state index contributed by atoms with van der Waals surface area (Å²) in [7, 11) is 0. The molecule has 0 radical (unpaired) electrons. The Balaban J connectivity index is 1.64. The molecular weight excluding hydrogens is 338 g/mol. The van der Waals surface area contributed by atoms with Crippen molar-refractivity contribution in [3.63, 3.8) is 0 Å². The minimum Gasteiger partial charge on any atom is -0.361 e. The summed E-state index contributed by atoms with van der Waals surface area (Å²) in [6.45, 7) is 6.97. The molecule has 0 aliphatic carbocycles. The van der Waals surface area contributed by atoms with Crippen LogP contribution in [0.15, 0.2) is 22.7 Å². The predicted octanol–water partition coefficient (Wildman–Crippen LogP) is 4.11. The number of amides is 1. The molecule has 1 unspecified atom stereocenters. The van der Waals surface area contributed by atoms with Gasteiger partial charge >= 0.3 is 0 Å². The Kier molecular flexibility index (Phi) is 3.84. The van der Waals surface area contributed by atoms with Crippen molar-refractivity contribution < 1.29 is 9.32 Å². The maximum atomic E-state index is 13.1. The molecule has 1 atom stereocenters. The van der Waals surface area contributed by atoms with Crippen LogP contribution in [0.5, 0.6) is 0 Å². The Hall–Kier alpha value is -2.27. The predicted molar refractivity (Wildman–Crippen MR) is 96.8 cm³/mol. The van der Waals surface area contributed by atoms with Gasteiger partial charge < -0.3 is 14.4 Å². The molecule has 1 N–H and O–H groups in total. The first kappa shape index (κ1) is 16.2. The number of aromatic nitrogens is 2. The maximum Gasteiger partial charge on any atom is 0.230 e. The number of halogens is 1. The lowest BCUT2D eigenvalue weighted by Gasteiger charge is -2.29. The van der Waals surface area contributed by atoms with Crippen LogP contribution in [0, 0.1) is 13.8 Å². The molecule has 1 aliphatic rings. The Bertz CT molecular complexity index is 953. The molecule has 3 heterocycles. The zero-order chi connectivity index (χ0) is 17.7. The second kappa shape index (κ2) is 5.92. The maximum absolute atomic E-state index is 13.1. The molecule has 2 aromatic heterocycles. The van der Waals surface area contributed by atoms with Gasteiger partial charge in [-0.3, -0.25) is 4.79 Å². The normalized spacial score (nSPS) is 15.4. The number of carbonyl (C=O) groups excluding carboxylic acids is 1. The summed E-state index contributed by atoms with van der Waals surface area (Å²) >= 11 is 6.16. The first-order valence-corrected chi connectivity index (χ1v) is 8.84. The summed E-state index contributed by atoms with van der Waals surface area (Å²) in [4.78, 5) is 18.4. The fraction of sp³-hybridized carbons (Fsp3) is 0.368. The van der Waals surface area contributed by atoms with Crippen LogP contribution < -0.4 is 0 Å². The van der Waals surface area contributed by atoms with Crippen LogP contribution in [0.3, 0.4) is 0 Å². The average Bonchev–Trinajstić information content (AvgIpc) is 3.12. The number of H-pyrrole nitrogens is 1. The van der Waals surface area contributed by atoms with Gasteiger partial charge in [-0.15, -0.1) is 0 Å². The summed E-state index contributed by atoms with van der Waals surface area (Å²) in [6, 6.07) is 5.85. The molecule has 130 valence electrons. The van der Waals surface area contributed by atoms with Crippen molar-refractivity contribution in [2.45, 2.75) is 39.7 Å². The molecule has 4 rings (SSSR count). The molecule has 1 amide bonds. The highest BCUT2D eigenvalue weighted by molar-refractivity contribution is 6.31. The summed E-state index contributed by atoms with van der Waals surface area (Å²) in [5.74, 6) is 0.563. The highest BCUT2D eigenvalue weighted by atomic mass is 35.5. The second-order valence-electron chi connectivity index (χ2n) is 6.74. The SMILES string of the molecule is Cc1noc(C)c1C(C)C(=O)N1CCc2[nH]c3ccc(Cl)cc3c2C1. The van der Waals surface area contributed by atoms with E-state index >= 15 is 0 Å². The molecule has 25 heavy (non-hydrogen) atoms. The summed E-state index contributed by atoms with van der Waals surface area (Å²) in [6.07, 6.45) is 0.821. The van der Waals surface area contributed by atoms with Gasteiger partial charge in [-0.25, -0.2) is 0 Å². The molecule has 1 aliphatic heterocycles. The van der Waals surface area contributed by atoms with E-state index in [1.165, 1.54) is 11.3 Å². The Morgan fingerprint density at radius 1 is 1.40 bits per heavy atom. The van der Waals surface area contributed by atoms with Crippen LogP contribution in [0.4, 0.5) is 0 Å². The molecule has 1 aromatic carbocycles. The highest BCUT2D eigenvalue weighted by Crippen LogP contribution is 2.32. The zero-order valence-corrected chi connectivity index (χ0v) is 15.3. The van der Waals surface area contributed by atoms with Crippen LogP contribution in [0.1, 0.15) is 41.1 Å². The molecule has 3 aromatic rings. The van der Waals surface area contributed by atoms with Crippen molar-refractivity contribution in [3.05, 3.63) is 51.5 Å². The fourth-order valence-corrected chi connectivity index (χ4v) is 4.05. The van der Waals surface area contributed by atoms with E-state index in [-0.39, 0.29) is 11.8 Å². The van der Waals surface area contributed by atoms with E-state index in [0.29, 0.717) is 18.1 Å². The molecule has 6 heteroatoms. The third-order valence-electron chi connectivity index (χ3n) is 5.14.